The average molecular weight is 389 g/mol. The van der Waals surface area contributed by atoms with Gasteiger partial charge in [0, 0.05) is 48.3 Å². The van der Waals surface area contributed by atoms with Gasteiger partial charge in [0.25, 0.3) is 11.1 Å². The lowest BCUT2D eigenvalue weighted by molar-refractivity contribution is -0.121. The van der Waals surface area contributed by atoms with E-state index in [2.05, 4.69) is 15.3 Å². The molecule has 1 aliphatic rings. The number of rotatable bonds is 6. The molecule has 1 unspecified atom stereocenters. The van der Waals surface area contributed by atoms with Crippen molar-refractivity contribution >= 4 is 17.7 Å². The Morgan fingerprint density at radius 3 is 2.85 bits per heavy atom. The molecule has 8 nitrogen and oxygen atoms in total. The Labute approximate surface area is 161 Å². The minimum atomic E-state index is -0.197. The molecule has 27 heavy (non-hydrogen) atoms. The zero-order valence-corrected chi connectivity index (χ0v) is 16.5. The van der Waals surface area contributed by atoms with Crippen molar-refractivity contribution in [3.8, 4) is 0 Å². The molecule has 1 amide bonds. The van der Waals surface area contributed by atoms with Gasteiger partial charge in [0.15, 0.2) is 5.16 Å². The maximum Gasteiger partial charge on any atom is 0.257 e. The topological polar surface area (TPSA) is 98.9 Å². The minimum absolute atomic E-state index is 0.0751. The molecule has 1 N–H and O–H groups in total. The summed E-state index contributed by atoms with van der Waals surface area (Å²) in [6.07, 6.45) is 2.43. The predicted octanol–water partition coefficient (Wildman–Crippen LogP) is 0.833. The van der Waals surface area contributed by atoms with Crippen LogP contribution in [0.3, 0.4) is 0 Å². The highest BCUT2D eigenvalue weighted by atomic mass is 32.2. The molecule has 0 saturated heterocycles. The van der Waals surface area contributed by atoms with E-state index in [9.17, 15) is 14.4 Å². The highest BCUT2D eigenvalue weighted by molar-refractivity contribution is 7.99. The van der Waals surface area contributed by atoms with E-state index in [4.69, 9.17) is 0 Å². The summed E-state index contributed by atoms with van der Waals surface area (Å²) in [4.78, 5) is 45.4. The van der Waals surface area contributed by atoms with Crippen molar-refractivity contribution in [2.45, 2.75) is 51.4 Å². The molecular formula is C18H23N5O3S. The molecule has 0 saturated carbocycles. The monoisotopic (exact) mass is 389 g/mol. The lowest BCUT2D eigenvalue weighted by atomic mass is 10.2. The molecule has 0 radical (unpaired) electrons. The van der Waals surface area contributed by atoms with Crippen LogP contribution in [0.1, 0.15) is 36.3 Å². The summed E-state index contributed by atoms with van der Waals surface area (Å²) in [5.41, 5.74) is 1.91. The number of amides is 1. The second-order valence-corrected chi connectivity index (χ2v) is 7.55. The van der Waals surface area contributed by atoms with E-state index in [0.29, 0.717) is 36.0 Å². The third-order valence-electron chi connectivity index (χ3n) is 4.72. The summed E-state index contributed by atoms with van der Waals surface area (Å²) in [6, 6.07) is 1.32. The van der Waals surface area contributed by atoms with Crippen LogP contribution in [-0.2, 0) is 17.8 Å². The molecule has 0 bridgehead atoms. The van der Waals surface area contributed by atoms with Gasteiger partial charge in [-0.1, -0.05) is 18.7 Å². The number of carbonyl (C=O) groups excluding carboxylic acids is 1. The second-order valence-electron chi connectivity index (χ2n) is 6.56. The van der Waals surface area contributed by atoms with Gasteiger partial charge in [-0.2, -0.15) is 0 Å². The normalized spacial score (nSPS) is 15.6. The van der Waals surface area contributed by atoms with Gasteiger partial charge in [0.1, 0.15) is 0 Å². The molecule has 144 valence electrons. The first kappa shape index (κ1) is 19.3. The van der Waals surface area contributed by atoms with E-state index in [1.54, 1.807) is 11.5 Å². The van der Waals surface area contributed by atoms with Crippen molar-refractivity contribution in [3.05, 3.63) is 50.1 Å². The summed E-state index contributed by atoms with van der Waals surface area (Å²) >= 11 is 1.50. The van der Waals surface area contributed by atoms with Crippen LogP contribution in [0.5, 0.6) is 0 Å². The van der Waals surface area contributed by atoms with Crippen molar-refractivity contribution in [3.63, 3.8) is 0 Å². The van der Waals surface area contributed by atoms with Gasteiger partial charge in [-0.15, -0.1) is 0 Å². The fourth-order valence-electron chi connectivity index (χ4n) is 2.95. The van der Waals surface area contributed by atoms with Gasteiger partial charge < -0.3 is 5.32 Å². The Morgan fingerprint density at radius 2 is 2.15 bits per heavy atom. The number of aryl methyl sites for hydroxylation is 2. The lowest BCUT2D eigenvalue weighted by Gasteiger charge is -2.14. The Balaban J connectivity index is 1.58. The van der Waals surface area contributed by atoms with Crippen molar-refractivity contribution < 1.29 is 4.79 Å². The summed E-state index contributed by atoms with van der Waals surface area (Å²) in [5, 5.41) is 3.49. The maximum absolute atomic E-state index is 12.5. The maximum atomic E-state index is 12.5. The van der Waals surface area contributed by atoms with E-state index in [1.165, 1.54) is 28.7 Å². The lowest BCUT2D eigenvalue weighted by Crippen LogP contribution is -2.34. The molecular weight excluding hydrogens is 366 g/mol. The highest BCUT2D eigenvalue weighted by Crippen LogP contribution is 2.32. The zero-order valence-electron chi connectivity index (χ0n) is 15.7. The van der Waals surface area contributed by atoms with E-state index < -0.39 is 0 Å². The first-order valence-corrected chi connectivity index (χ1v) is 9.93. The van der Waals surface area contributed by atoms with Crippen molar-refractivity contribution in [2.24, 2.45) is 0 Å². The van der Waals surface area contributed by atoms with Gasteiger partial charge in [0.05, 0.1) is 12.4 Å². The molecule has 3 rings (SSSR count). The van der Waals surface area contributed by atoms with Gasteiger partial charge in [-0.25, -0.2) is 9.97 Å². The Bertz CT molecular complexity index is 982. The summed E-state index contributed by atoms with van der Waals surface area (Å²) in [7, 11) is 0. The number of aromatic nitrogens is 4. The molecule has 9 heteroatoms. The number of hydrogen-bond donors (Lipinski definition) is 1. The first-order valence-electron chi connectivity index (χ1n) is 8.95. The van der Waals surface area contributed by atoms with E-state index in [0.717, 1.165) is 11.4 Å². The first-order chi connectivity index (χ1) is 12.9. The van der Waals surface area contributed by atoms with Crippen LogP contribution in [0.2, 0.25) is 0 Å². The molecule has 0 fully saturated rings. The van der Waals surface area contributed by atoms with Crippen LogP contribution in [0.15, 0.2) is 27.1 Å². The fraction of sp³-hybridized carbons (Fsp3) is 0.500. The molecule has 0 spiro atoms. The third-order valence-corrected chi connectivity index (χ3v) is 5.81. The van der Waals surface area contributed by atoms with Crippen molar-refractivity contribution in [1.29, 1.82) is 0 Å². The average Bonchev–Trinajstić information content (AvgIpc) is 3.03. The SMILES string of the molecule is CCc1cc(=O)n(CCNC(=O)CC2CSc3nc(C)c(C)c(=O)n32)cn1. The Morgan fingerprint density at radius 1 is 1.37 bits per heavy atom. The van der Waals surface area contributed by atoms with Crippen LogP contribution in [0.25, 0.3) is 0 Å². The van der Waals surface area contributed by atoms with Crippen LogP contribution in [0.4, 0.5) is 0 Å². The molecule has 2 aromatic heterocycles. The second kappa shape index (κ2) is 8.08. The Kier molecular flexibility index (Phi) is 5.79. The molecule has 0 aliphatic carbocycles. The number of nitrogens with zero attached hydrogens (tertiary/aromatic N) is 4. The minimum Gasteiger partial charge on any atom is -0.354 e. The molecule has 1 atom stereocenters. The summed E-state index contributed by atoms with van der Waals surface area (Å²) in [5.74, 6) is 0.505. The summed E-state index contributed by atoms with van der Waals surface area (Å²) < 4.78 is 3.10. The number of carbonyl (C=O) groups is 1. The number of fused-ring (bicyclic) bond motifs is 1. The number of nitrogens with one attached hydrogen (secondary N) is 1. The van der Waals surface area contributed by atoms with Gasteiger partial charge in [-0.05, 0) is 20.3 Å². The highest BCUT2D eigenvalue weighted by Gasteiger charge is 2.28. The Hall–Kier alpha value is -2.42. The van der Waals surface area contributed by atoms with Gasteiger partial charge in [0.2, 0.25) is 5.91 Å². The largest absolute Gasteiger partial charge is 0.354 e. The van der Waals surface area contributed by atoms with Crippen molar-refractivity contribution in [2.75, 3.05) is 12.3 Å². The smallest absolute Gasteiger partial charge is 0.257 e. The van der Waals surface area contributed by atoms with Crippen molar-refractivity contribution in [1.82, 2.24) is 24.4 Å². The number of thioether (sulfide) groups is 1. The van der Waals surface area contributed by atoms with Gasteiger partial charge in [-0.3, -0.25) is 23.5 Å². The van der Waals surface area contributed by atoms with Crippen LogP contribution in [-0.4, -0.2) is 37.3 Å². The molecule has 0 aromatic carbocycles. The number of hydrogen-bond acceptors (Lipinski definition) is 6. The molecule has 2 aromatic rings. The standard InChI is InChI=1S/C18H23N5O3S/c1-4-13-7-16(25)22(10-20-13)6-5-19-15(24)8-14-9-27-18-21-12(3)11(2)17(26)23(14)18/h7,10,14H,4-6,8-9H2,1-3H3,(H,19,24). The van der Waals surface area contributed by atoms with Gasteiger partial charge >= 0.3 is 0 Å². The van der Waals surface area contributed by atoms with Crippen LogP contribution < -0.4 is 16.4 Å². The van der Waals surface area contributed by atoms with Crippen LogP contribution >= 0.6 is 11.8 Å². The van der Waals surface area contributed by atoms with Crippen LogP contribution in [0, 0.1) is 13.8 Å². The molecule has 3 heterocycles. The third kappa shape index (κ3) is 4.13. The van der Waals surface area contributed by atoms with E-state index in [-0.39, 0.29) is 29.5 Å². The molecule has 1 aliphatic heterocycles. The predicted molar refractivity (Wildman–Crippen MR) is 103 cm³/mol. The quantitative estimate of drug-likeness (QED) is 0.735. The zero-order chi connectivity index (χ0) is 19.6. The fourth-order valence-corrected chi connectivity index (χ4v) is 4.13. The summed E-state index contributed by atoms with van der Waals surface area (Å²) in [6.45, 7) is 6.21. The van der Waals surface area contributed by atoms with E-state index in [1.807, 2.05) is 13.8 Å². The van der Waals surface area contributed by atoms with E-state index >= 15 is 0 Å².